The third-order valence-corrected chi connectivity index (χ3v) is 4.36. The molecule has 1 N–H and O–H groups in total. The lowest BCUT2D eigenvalue weighted by atomic mass is 10.0. The maximum atomic E-state index is 5.39. The van der Waals surface area contributed by atoms with Gasteiger partial charge in [0.15, 0.2) is 23.0 Å². The van der Waals surface area contributed by atoms with E-state index in [1.165, 1.54) is 11.1 Å². The van der Waals surface area contributed by atoms with Crippen molar-refractivity contribution in [1.29, 1.82) is 0 Å². The smallest absolute Gasteiger partial charge is 0.168 e. The summed E-state index contributed by atoms with van der Waals surface area (Å²) in [7, 11) is 7.22. The number of hydrogen-bond donors (Lipinski definition) is 1. The van der Waals surface area contributed by atoms with E-state index in [1.54, 1.807) is 21.3 Å². The third kappa shape index (κ3) is 4.77. The average Bonchev–Trinajstić information content (AvgIpc) is 2.65. The van der Waals surface area contributed by atoms with Crippen LogP contribution in [-0.4, -0.2) is 27.9 Å². The van der Waals surface area contributed by atoms with Gasteiger partial charge in [0.2, 0.25) is 0 Å². The Morgan fingerprint density at radius 2 is 1.60 bits per heavy atom. The Bertz CT molecular complexity index is 706. The molecule has 0 aromatic heterocycles. The van der Waals surface area contributed by atoms with Gasteiger partial charge in [-0.1, -0.05) is 12.1 Å². The fourth-order valence-electron chi connectivity index (χ4n) is 2.73. The molecule has 2 aromatic rings. The lowest BCUT2D eigenvalue weighted by Gasteiger charge is -2.14. The van der Waals surface area contributed by atoms with Crippen LogP contribution in [0.1, 0.15) is 16.7 Å². The zero-order valence-electron chi connectivity index (χ0n) is 15.2. The summed E-state index contributed by atoms with van der Waals surface area (Å²) in [6.45, 7) is 3.62. The van der Waals surface area contributed by atoms with Crippen molar-refractivity contribution in [2.75, 3.05) is 27.9 Å². The van der Waals surface area contributed by atoms with Gasteiger partial charge in [0.25, 0.3) is 0 Å². The van der Waals surface area contributed by atoms with Crippen molar-refractivity contribution < 1.29 is 18.7 Å². The second-order valence-electron chi connectivity index (χ2n) is 5.63. The minimum absolute atomic E-state index is 0.702. The van der Waals surface area contributed by atoms with Gasteiger partial charge in [-0.3, -0.25) is 0 Å². The van der Waals surface area contributed by atoms with Gasteiger partial charge < -0.3 is 24.1 Å². The Kier molecular flexibility index (Phi) is 7.35. The molecule has 6 heteroatoms. The van der Waals surface area contributed by atoms with E-state index >= 15 is 0 Å². The first-order valence-corrected chi connectivity index (χ1v) is 8.56. The van der Waals surface area contributed by atoms with Gasteiger partial charge in [0, 0.05) is 12.1 Å². The van der Waals surface area contributed by atoms with Crippen LogP contribution in [0.15, 0.2) is 30.3 Å². The molecule has 0 spiro atoms. The Hall–Kier alpha value is -1.97. The monoisotopic (exact) mass is 363 g/mol. The predicted molar refractivity (Wildman–Crippen MR) is 103 cm³/mol. The molecule has 0 saturated carbocycles. The van der Waals surface area contributed by atoms with Crippen LogP contribution in [0.3, 0.4) is 0 Å². The normalized spacial score (nSPS) is 10.4. The first-order valence-electron chi connectivity index (χ1n) is 8.09. The van der Waals surface area contributed by atoms with Crippen LogP contribution in [0.5, 0.6) is 23.0 Å². The van der Waals surface area contributed by atoms with Gasteiger partial charge in [0.1, 0.15) is 0 Å². The van der Waals surface area contributed by atoms with Crippen molar-refractivity contribution in [3.63, 3.8) is 0 Å². The van der Waals surface area contributed by atoms with Crippen molar-refractivity contribution in [2.24, 2.45) is 0 Å². The molecular weight excluding hydrogens is 337 g/mol. The molecule has 0 fully saturated rings. The third-order valence-electron chi connectivity index (χ3n) is 4.13. The SMILES string of the molecule is COc1cc(C)c(CCNCc2cccc(OC)c2OP)cc1OC. The second kappa shape index (κ2) is 9.50. The number of nitrogens with one attached hydrogen (secondary N) is 1. The summed E-state index contributed by atoms with van der Waals surface area (Å²) in [5, 5.41) is 3.45. The highest BCUT2D eigenvalue weighted by molar-refractivity contribution is 7.10. The molecule has 2 rings (SSSR count). The number of hydrogen-bond acceptors (Lipinski definition) is 5. The molecule has 0 aliphatic heterocycles. The number of aryl methyl sites for hydroxylation is 1. The zero-order valence-corrected chi connectivity index (χ0v) is 16.4. The highest BCUT2D eigenvalue weighted by Crippen LogP contribution is 2.32. The van der Waals surface area contributed by atoms with Gasteiger partial charge in [0.05, 0.1) is 30.8 Å². The number of methoxy groups -OCH3 is 3. The maximum absolute atomic E-state index is 5.39. The second-order valence-corrected chi connectivity index (χ2v) is 5.86. The van der Waals surface area contributed by atoms with Crippen LogP contribution in [0.4, 0.5) is 0 Å². The first kappa shape index (κ1) is 19.4. The molecule has 5 nitrogen and oxygen atoms in total. The fraction of sp³-hybridized carbons (Fsp3) is 0.368. The summed E-state index contributed by atoms with van der Waals surface area (Å²) in [6, 6.07) is 9.92. The van der Waals surface area contributed by atoms with Gasteiger partial charge in [-0.15, -0.1) is 0 Å². The minimum atomic E-state index is 0.702. The Morgan fingerprint density at radius 3 is 2.24 bits per heavy atom. The van der Waals surface area contributed by atoms with E-state index in [9.17, 15) is 0 Å². The summed E-state index contributed by atoms with van der Waals surface area (Å²) in [4.78, 5) is 0. The van der Waals surface area contributed by atoms with E-state index in [2.05, 4.69) is 21.7 Å². The predicted octanol–water partition coefficient (Wildman–Crippen LogP) is 3.52. The first-order chi connectivity index (χ1) is 12.1. The van der Waals surface area contributed by atoms with E-state index in [0.717, 1.165) is 41.5 Å². The summed E-state index contributed by atoms with van der Waals surface area (Å²) >= 11 is 0. The lowest BCUT2D eigenvalue weighted by Crippen LogP contribution is -2.17. The number of rotatable bonds is 9. The van der Waals surface area contributed by atoms with Gasteiger partial charge in [-0.25, -0.2) is 0 Å². The Balaban J connectivity index is 1.98. The van der Waals surface area contributed by atoms with Crippen LogP contribution in [0.2, 0.25) is 0 Å². The molecule has 0 heterocycles. The number of para-hydroxylation sites is 1. The van der Waals surface area contributed by atoms with Crippen LogP contribution >= 0.6 is 9.47 Å². The average molecular weight is 363 g/mol. The molecule has 1 unspecified atom stereocenters. The highest BCUT2D eigenvalue weighted by atomic mass is 31.0. The maximum Gasteiger partial charge on any atom is 0.168 e. The Labute approximate surface area is 151 Å². The largest absolute Gasteiger partial charge is 0.493 e. The van der Waals surface area contributed by atoms with Crippen molar-refractivity contribution in [3.8, 4) is 23.0 Å². The van der Waals surface area contributed by atoms with Crippen molar-refractivity contribution >= 4 is 9.47 Å². The molecule has 2 aromatic carbocycles. The topological polar surface area (TPSA) is 49.0 Å². The molecule has 0 aliphatic carbocycles. The molecule has 0 aliphatic rings. The molecule has 0 bridgehead atoms. The van der Waals surface area contributed by atoms with Gasteiger partial charge in [-0.2, -0.15) is 0 Å². The summed E-state index contributed by atoms with van der Waals surface area (Å²) < 4.78 is 21.4. The standard InChI is InChI=1S/C19H26NO4P/c1-13-10-17(22-3)18(23-4)11-14(13)8-9-20-12-15-6-5-7-16(21-2)19(15)24-25/h5-7,10-11,20H,8-9,12,25H2,1-4H3. The zero-order chi connectivity index (χ0) is 18.2. The van der Waals surface area contributed by atoms with E-state index in [0.29, 0.717) is 6.54 Å². The lowest BCUT2D eigenvalue weighted by molar-refractivity contribution is 0.354. The van der Waals surface area contributed by atoms with Crippen LogP contribution < -0.4 is 24.1 Å². The van der Waals surface area contributed by atoms with E-state index in [-0.39, 0.29) is 0 Å². The quantitative estimate of drug-likeness (QED) is 0.546. The molecule has 0 saturated heterocycles. The molecule has 136 valence electrons. The molecule has 25 heavy (non-hydrogen) atoms. The minimum Gasteiger partial charge on any atom is -0.493 e. The summed E-state index contributed by atoms with van der Waals surface area (Å²) in [6.07, 6.45) is 0.896. The molecular formula is C19H26NO4P. The molecule has 0 amide bonds. The highest BCUT2D eigenvalue weighted by Gasteiger charge is 2.10. The van der Waals surface area contributed by atoms with Crippen molar-refractivity contribution in [2.45, 2.75) is 19.9 Å². The molecule has 0 radical (unpaired) electrons. The number of ether oxygens (including phenoxy) is 3. The van der Waals surface area contributed by atoms with Crippen molar-refractivity contribution in [1.82, 2.24) is 5.32 Å². The van der Waals surface area contributed by atoms with Crippen LogP contribution in [0.25, 0.3) is 0 Å². The number of benzene rings is 2. The van der Waals surface area contributed by atoms with Gasteiger partial charge >= 0.3 is 0 Å². The van der Waals surface area contributed by atoms with Crippen LogP contribution in [-0.2, 0) is 13.0 Å². The fourth-order valence-corrected chi connectivity index (χ4v) is 3.00. The van der Waals surface area contributed by atoms with E-state index in [4.69, 9.17) is 18.7 Å². The van der Waals surface area contributed by atoms with Gasteiger partial charge in [-0.05, 0) is 49.2 Å². The van der Waals surface area contributed by atoms with Crippen molar-refractivity contribution in [3.05, 3.63) is 47.0 Å². The van der Waals surface area contributed by atoms with Crippen LogP contribution in [0, 0.1) is 6.92 Å². The van der Waals surface area contributed by atoms with E-state index in [1.807, 2.05) is 30.3 Å². The summed E-state index contributed by atoms with van der Waals surface area (Å²) in [5.41, 5.74) is 3.48. The summed E-state index contributed by atoms with van der Waals surface area (Å²) in [5.74, 6) is 2.99. The molecule has 1 atom stereocenters. The van der Waals surface area contributed by atoms with E-state index < -0.39 is 0 Å². The Morgan fingerprint density at radius 1 is 0.920 bits per heavy atom.